The molecule has 180 valence electrons. The highest BCUT2D eigenvalue weighted by Gasteiger charge is 2.15. The second-order valence-corrected chi connectivity index (χ2v) is 8.65. The smallest absolute Gasteiger partial charge is 0.319 e. The summed E-state index contributed by atoms with van der Waals surface area (Å²) < 4.78 is 31.2. The number of amides is 2. The summed E-state index contributed by atoms with van der Waals surface area (Å²) in [4.78, 5) is 16.5. The quantitative estimate of drug-likeness (QED) is 0.312. The number of halogens is 1. The Kier molecular flexibility index (Phi) is 9.69. The summed E-state index contributed by atoms with van der Waals surface area (Å²) in [5.74, 6) is 0. The highest BCUT2D eigenvalue weighted by atomic mass is 35.5. The Balaban J connectivity index is 1.62. The lowest BCUT2D eigenvalue weighted by Gasteiger charge is -2.12. The van der Waals surface area contributed by atoms with E-state index in [-0.39, 0.29) is 17.2 Å². The van der Waals surface area contributed by atoms with Crippen LogP contribution >= 0.6 is 11.6 Å². The Morgan fingerprint density at radius 2 is 1.82 bits per heavy atom. The van der Waals surface area contributed by atoms with Crippen LogP contribution in [0, 0.1) is 0 Å². The van der Waals surface area contributed by atoms with Gasteiger partial charge in [0.1, 0.15) is 10.8 Å². The maximum absolute atomic E-state index is 12.1. The first-order valence-corrected chi connectivity index (χ1v) is 12.5. The highest BCUT2D eigenvalue weighted by Crippen LogP contribution is 2.26. The maximum atomic E-state index is 12.1. The average Bonchev–Trinajstić information content (AvgIpc) is 3.20. The van der Waals surface area contributed by atoms with Crippen LogP contribution in [0.15, 0.2) is 60.9 Å². The first-order chi connectivity index (χ1) is 16.5. The zero-order valence-corrected chi connectivity index (χ0v) is 20.4. The fraction of sp³-hybridized carbons (Fsp3) is 0.292. The first-order valence-electron chi connectivity index (χ1n) is 11.0. The van der Waals surface area contributed by atoms with Crippen molar-refractivity contribution in [1.29, 1.82) is 0 Å². The number of nitrogens with zero attached hydrogens (tertiary/aromatic N) is 2. The minimum Gasteiger partial charge on any atom is -0.338 e. The number of hydrogen-bond acceptors (Lipinski definition) is 5. The van der Waals surface area contributed by atoms with Gasteiger partial charge in [-0.25, -0.2) is 9.78 Å². The van der Waals surface area contributed by atoms with Crippen LogP contribution in [0.3, 0.4) is 0 Å². The van der Waals surface area contributed by atoms with Crippen LogP contribution in [-0.2, 0) is 21.6 Å². The fourth-order valence-electron chi connectivity index (χ4n) is 3.24. The number of aromatic nitrogens is 2. The fourth-order valence-corrected chi connectivity index (χ4v) is 4.07. The van der Waals surface area contributed by atoms with E-state index in [4.69, 9.17) is 16.3 Å². The second-order valence-electron chi connectivity index (χ2n) is 7.45. The number of rotatable bonds is 10. The number of imidazole rings is 1. The van der Waals surface area contributed by atoms with Gasteiger partial charge in [0.15, 0.2) is 0 Å². The van der Waals surface area contributed by atoms with Crippen molar-refractivity contribution in [1.82, 2.24) is 14.9 Å². The third-order valence-electron chi connectivity index (χ3n) is 4.96. The van der Waals surface area contributed by atoms with Crippen LogP contribution < -0.4 is 10.6 Å². The van der Waals surface area contributed by atoms with Crippen molar-refractivity contribution < 1.29 is 17.9 Å². The van der Waals surface area contributed by atoms with Crippen LogP contribution in [0.4, 0.5) is 10.5 Å². The molecule has 0 fully saturated rings. The number of aryl methyl sites for hydroxylation is 1. The van der Waals surface area contributed by atoms with Gasteiger partial charge in [-0.1, -0.05) is 67.4 Å². The largest absolute Gasteiger partial charge is 0.338 e. The minimum atomic E-state index is -2.63. The monoisotopic (exact) mass is 502 g/mol. The van der Waals surface area contributed by atoms with Gasteiger partial charge in [-0.05, 0) is 25.0 Å². The number of unbranched alkanes of at least 4 members (excludes halogenated alkanes) is 1. The molecule has 2 amide bonds. The number of anilines is 1. The lowest BCUT2D eigenvalue weighted by atomic mass is 10.2. The van der Waals surface area contributed by atoms with Gasteiger partial charge in [-0.15, -0.1) is 0 Å². The number of urea groups is 1. The molecule has 0 spiro atoms. The molecular weight excluding hydrogens is 476 g/mol. The SMILES string of the molecule is CCCCNC(=O)Nc1ccccc1C(OCCCn1cnc(-c2ccccc2)c1Cl)=S(=O)=O. The van der Waals surface area contributed by atoms with E-state index in [9.17, 15) is 13.2 Å². The summed E-state index contributed by atoms with van der Waals surface area (Å²) in [6, 6.07) is 15.8. The van der Waals surface area contributed by atoms with Crippen molar-refractivity contribution in [3.05, 3.63) is 71.6 Å². The number of benzene rings is 2. The molecule has 2 aromatic carbocycles. The molecule has 10 heteroatoms. The maximum Gasteiger partial charge on any atom is 0.319 e. The van der Waals surface area contributed by atoms with E-state index in [1.165, 1.54) is 0 Å². The Morgan fingerprint density at radius 1 is 1.09 bits per heavy atom. The van der Waals surface area contributed by atoms with E-state index >= 15 is 0 Å². The number of para-hydroxylation sites is 1. The van der Waals surface area contributed by atoms with Gasteiger partial charge < -0.3 is 19.9 Å². The van der Waals surface area contributed by atoms with Crippen LogP contribution in [0.25, 0.3) is 11.3 Å². The molecule has 3 rings (SSSR count). The Bertz CT molecular complexity index is 1230. The topological polar surface area (TPSA) is 102 Å². The zero-order valence-electron chi connectivity index (χ0n) is 18.8. The van der Waals surface area contributed by atoms with E-state index < -0.39 is 16.3 Å². The van der Waals surface area contributed by atoms with Crippen LogP contribution in [0.2, 0.25) is 5.15 Å². The van der Waals surface area contributed by atoms with Crippen molar-refractivity contribution in [2.75, 3.05) is 18.5 Å². The molecule has 3 aromatic rings. The molecule has 0 aliphatic heterocycles. The molecular formula is C24H27ClN4O4S. The normalized spacial score (nSPS) is 10.6. The van der Waals surface area contributed by atoms with Gasteiger partial charge in [-0.2, -0.15) is 8.42 Å². The molecule has 0 bridgehead atoms. The molecule has 0 aliphatic carbocycles. The molecule has 2 N–H and O–H groups in total. The van der Waals surface area contributed by atoms with Crippen molar-refractivity contribution in [3.63, 3.8) is 0 Å². The Hall–Kier alpha value is -3.14. The molecule has 1 heterocycles. The van der Waals surface area contributed by atoms with Gasteiger partial charge in [0.25, 0.3) is 0 Å². The average molecular weight is 503 g/mol. The van der Waals surface area contributed by atoms with Crippen molar-refractivity contribution in [3.8, 4) is 11.3 Å². The van der Waals surface area contributed by atoms with Gasteiger partial charge in [0.05, 0.1) is 18.6 Å². The van der Waals surface area contributed by atoms with Crippen LogP contribution in [0.1, 0.15) is 31.7 Å². The summed E-state index contributed by atoms with van der Waals surface area (Å²) >= 11 is 6.47. The summed E-state index contributed by atoms with van der Waals surface area (Å²) in [6.07, 6.45) is 3.96. The molecule has 0 saturated heterocycles. The summed E-state index contributed by atoms with van der Waals surface area (Å²) in [5, 5.41) is 5.71. The molecule has 8 nitrogen and oxygen atoms in total. The highest BCUT2D eigenvalue weighted by molar-refractivity contribution is 7.73. The predicted molar refractivity (Wildman–Crippen MR) is 135 cm³/mol. The molecule has 0 saturated carbocycles. The second kappa shape index (κ2) is 12.9. The number of ether oxygens (including phenoxy) is 1. The third kappa shape index (κ3) is 6.93. The van der Waals surface area contributed by atoms with Gasteiger partial charge >= 0.3 is 6.03 Å². The molecule has 34 heavy (non-hydrogen) atoms. The van der Waals surface area contributed by atoms with Crippen molar-refractivity contribution in [2.45, 2.75) is 32.7 Å². The van der Waals surface area contributed by atoms with Crippen LogP contribution in [-0.4, -0.2) is 42.2 Å². The summed E-state index contributed by atoms with van der Waals surface area (Å²) in [7, 11) is -2.63. The third-order valence-corrected chi connectivity index (χ3v) is 6.00. The lowest BCUT2D eigenvalue weighted by molar-refractivity contribution is 0.252. The minimum absolute atomic E-state index is 0.134. The zero-order chi connectivity index (χ0) is 24.3. The van der Waals surface area contributed by atoms with Crippen molar-refractivity contribution in [2.24, 2.45) is 0 Å². The van der Waals surface area contributed by atoms with Crippen LogP contribution in [0.5, 0.6) is 0 Å². The number of carbonyl (C=O) groups excluding carboxylic acids is 1. The predicted octanol–water partition coefficient (Wildman–Crippen LogP) is 4.59. The summed E-state index contributed by atoms with van der Waals surface area (Å²) in [5.41, 5.74) is 2.24. The van der Waals surface area contributed by atoms with E-state index in [0.29, 0.717) is 36.0 Å². The van der Waals surface area contributed by atoms with Gasteiger partial charge in [0, 0.05) is 24.2 Å². The lowest BCUT2D eigenvalue weighted by Crippen LogP contribution is -2.30. The van der Waals surface area contributed by atoms with E-state index in [2.05, 4.69) is 15.6 Å². The van der Waals surface area contributed by atoms with Crippen molar-refractivity contribution >= 4 is 38.7 Å². The molecule has 0 unspecified atom stereocenters. The summed E-state index contributed by atoms with van der Waals surface area (Å²) in [6.45, 7) is 3.19. The molecule has 0 aliphatic rings. The number of carbonyl (C=O) groups is 1. The van der Waals surface area contributed by atoms with E-state index in [1.54, 1.807) is 35.2 Å². The van der Waals surface area contributed by atoms with E-state index in [1.807, 2.05) is 37.3 Å². The molecule has 0 atom stereocenters. The molecule has 1 aromatic heterocycles. The standard InChI is InChI=1S/C24H27ClN4O4S/c1-2-3-14-26-24(30)28-20-13-8-7-12-19(20)23(34(31)32)33-16-9-15-29-17-27-21(22(29)25)18-10-5-4-6-11-18/h4-8,10-13,17H,2-3,9,14-16H2,1H3,(H2,26,28,30). The number of hydrogen-bond donors (Lipinski definition) is 2. The number of nitrogens with one attached hydrogen (secondary N) is 2. The molecule has 0 radical (unpaired) electrons. The van der Waals surface area contributed by atoms with Gasteiger partial charge in [-0.3, -0.25) is 0 Å². The van der Waals surface area contributed by atoms with Gasteiger partial charge in [0.2, 0.25) is 15.3 Å². The first kappa shape index (κ1) is 25.5. The Morgan fingerprint density at radius 3 is 2.56 bits per heavy atom. The Labute approximate surface area is 205 Å². The van der Waals surface area contributed by atoms with E-state index in [0.717, 1.165) is 18.4 Å².